The lowest BCUT2D eigenvalue weighted by Crippen LogP contribution is -2.27. The first-order valence-electron chi connectivity index (χ1n) is 6.25. The van der Waals surface area contributed by atoms with Gasteiger partial charge in [-0.25, -0.2) is 0 Å². The first-order valence-corrected chi connectivity index (χ1v) is 6.25. The number of hydrogen-bond donors (Lipinski definition) is 1. The second kappa shape index (κ2) is 5.87. The smallest absolute Gasteiger partial charge is 0.304 e. The molecule has 0 bridgehead atoms. The van der Waals surface area contributed by atoms with Crippen LogP contribution in [0.15, 0.2) is 18.2 Å². The number of aryl methyl sites for hydroxylation is 1. The molecule has 0 atom stereocenters. The van der Waals surface area contributed by atoms with E-state index in [0.717, 1.165) is 17.7 Å². The summed E-state index contributed by atoms with van der Waals surface area (Å²) in [6, 6.07) is 5.22. The van der Waals surface area contributed by atoms with Crippen LogP contribution < -0.4 is 4.74 Å². The van der Waals surface area contributed by atoms with E-state index in [2.05, 4.69) is 0 Å². The van der Waals surface area contributed by atoms with Crippen molar-refractivity contribution in [2.45, 2.75) is 33.6 Å². The molecule has 4 nitrogen and oxygen atoms in total. The van der Waals surface area contributed by atoms with Crippen LogP contribution in [0.25, 0.3) is 0 Å². The van der Waals surface area contributed by atoms with E-state index < -0.39 is 11.4 Å². The number of methoxy groups -OCH3 is 1. The molecule has 1 N–H and O–H groups in total. The molecular weight excluding hydrogens is 244 g/mol. The Hall–Kier alpha value is -1.84. The van der Waals surface area contributed by atoms with Crippen molar-refractivity contribution in [1.29, 1.82) is 0 Å². The predicted molar refractivity (Wildman–Crippen MR) is 72.7 cm³/mol. The van der Waals surface area contributed by atoms with Crippen molar-refractivity contribution in [3.8, 4) is 5.75 Å². The van der Waals surface area contributed by atoms with Gasteiger partial charge in [0.05, 0.1) is 13.5 Å². The second-order valence-electron chi connectivity index (χ2n) is 5.16. The summed E-state index contributed by atoms with van der Waals surface area (Å²) < 4.78 is 5.22. The van der Waals surface area contributed by atoms with E-state index in [1.54, 1.807) is 39.2 Å². The number of ether oxygens (including phenoxy) is 1. The van der Waals surface area contributed by atoms with Crippen LogP contribution in [0, 0.1) is 5.41 Å². The quantitative estimate of drug-likeness (QED) is 0.802. The van der Waals surface area contributed by atoms with E-state index in [1.165, 1.54) is 0 Å². The monoisotopic (exact) mass is 264 g/mol. The molecule has 0 saturated heterocycles. The van der Waals surface area contributed by atoms with Gasteiger partial charge in [-0.15, -0.1) is 0 Å². The van der Waals surface area contributed by atoms with E-state index >= 15 is 0 Å². The van der Waals surface area contributed by atoms with Gasteiger partial charge in [-0.3, -0.25) is 9.59 Å². The van der Waals surface area contributed by atoms with E-state index in [4.69, 9.17) is 9.84 Å². The highest BCUT2D eigenvalue weighted by atomic mass is 16.5. The molecule has 0 aromatic heterocycles. The average molecular weight is 264 g/mol. The van der Waals surface area contributed by atoms with Gasteiger partial charge in [-0.05, 0) is 30.2 Å². The van der Waals surface area contributed by atoms with Crippen molar-refractivity contribution >= 4 is 11.8 Å². The van der Waals surface area contributed by atoms with Gasteiger partial charge in [0, 0.05) is 11.0 Å². The molecule has 0 unspecified atom stereocenters. The molecule has 0 amide bonds. The van der Waals surface area contributed by atoms with Crippen molar-refractivity contribution in [2.75, 3.05) is 7.11 Å². The summed E-state index contributed by atoms with van der Waals surface area (Å²) in [6.45, 7) is 5.28. The Kier molecular flexibility index (Phi) is 4.70. The van der Waals surface area contributed by atoms with E-state index in [1.807, 2.05) is 6.92 Å². The zero-order valence-electron chi connectivity index (χ0n) is 11.8. The van der Waals surface area contributed by atoms with Gasteiger partial charge in [0.25, 0.3) is 0 Å². The van der Waals surface area contributed by atoms with Gasteiger partial charge in [-0.2, -0.15) is 0 Å². The van der Waals surface area contributed by atoms with Gasteiger partial charge in [0.15, 0.2) is 5.78 Å². The molecule has 4 heteroatoms. The molecule has 0 radical (unpaired) electrons. The third-order valence-electron chi connectivity index (χ3n) is 3.13. The van der Waals surface area contributed by atoms with Crippen LogP contribution in [0.5, 0.6) is 5.75 Å². The summed E-state index contributed by atoms with van der Waals surface area (Å²) >= 11 is 0. The number of carboxylic acids is 1. The maximum absolute atomic E-state index is 12.4. The molecule has 0 aliphatic carbocycles. The van der Waals surface area contributed by atoms with Crippen LogP contribution in [0.4, 0.5) is 0 Å². The highest BCUT2D eigenvalue weighted by Crippen LogP contribution is 2.28. The fraction of sp³-hybridized carbons (Fsp3) is 0.467. The molecule has 0 heterocycles. The lowest BCUT2D eigenvalue weighted by Gasteiger charge is -2.21. The predicted octanol–water partition coefficient (Wildman–Crippen LogP) is 2.94. The Morgan fingerprint density at radius 3 is 2.42 bits per heavy atom. The molecule has 1 rings (SSSR count). The molecular formula is C15H20O4. The number of carboxylic acid groups (broad SMARTS) is 1. The summed E-state index contributed by atoms with van der Waals surface area (Å²) in [5, 5.41) is 8.86. The van der Waals surface area contributed by atoms with Crippen LogP contribution in [0.3, 0.4) is 0 Å². The first-order chi connectivity index (χ1) is 8.81. The van der Waals surface area contributed by atoms with E-state index in [-0.39, 0.29) is 12.2 Å². The van der Waals surface area contributed by atoms with Crippen LogP contribution in [-0.4, -0.2) is 24.0 Å². The van der Waals surface area contributed by atoms with Gasteiger partial charge in [0.2, 0.25) is 0 Å². The Bertz CT molecular complexity index is 489. The molecule has 19 heavy (non-hydrogen) atoms. The van der Waals surface area contributed by atoms with Crippen molar-refractivity contribution in [3.63, 3.8) is 0 Å². The lowest BCUT2D eigenvalue weighted by atomic mass is 9.81. The second-order valence-corrected chi connectivity index (χ2v) is 5.16. The SMILES string of the molecule is CCc1cc(C(=O)C(C)(C)CC(=O)O)ccc1OC. The van der Waals surface area contributed by atoms with Crippen molar-refractivity contribution in [1.82, 2.24) is 0 Å². The minimum atomic E-state index is -0.970. The zero-order valence-corrected chi connectivity index (χ0v) is 11.8. The fourth-order valence-corrected chi connectivity index (χ4v) is 2.05. The van der Waals surface area contributed by atoms with Crippen LogP contribution >= 0.6 is 0 Å². The highest BCUT2D eigenvalue weighted by Gasteiger charge is 2.31. The molecule has 0 fully saturated rings. The fourth-order valence-electron chi connectivity index (χ4n) is 2.05. The lowest BCUT2D eigenvalue weighted by molar-refractivity contribution is -0.138. The largest absolute Gasteiger partial charge is 0.496 e. The number of rotatable bonds is 6. The number of aliphatic carboxylic acids is 1. The first kappa shape index (κ1) is 15.2. The number of benzene rings is 1. The Morgan fingerprint density at radius 1 is 1.32 bits per heavy atom. The topological polar surface area (TPSA) is 63.6 Å². The van der Waals surface area contributed by atoms with Gasteiger partial charge >= 0.3 is 5.97 Å². The molecule has 104 valence electrons. The van der Waals surface area contributed by atoms with E-state index in [9.17, 15) is 9.59 Å². The van der Waals surface area contributed by atoms with Gasteiger partial charge in [0.1, 0.15) is 5.75 Å². The zero-order chi connectivity index (χ0) is 14.6. The Morgan fingerprint density at radius 2 is 1.95 bits per heavy atom. The standard InChI is InChI=1S/C15H20O4/c1-5-10-8-11(6-7-12(10)19-4)14(18)15(2,3)9-13(16)17/h6-8H,5,9H2,1-4H3,(H,16,17). The third kappa shape index (κ3) is 3.56. The Labute approximate surface area is 113 Å². The normalized spacial score (nSPS) is 11.2. The summed E-state index contributed by atoms with van der Waals surface area (Å²) in [6.07, 6.45) is 0.572. The molecule has 0 spiro atoms. The molecule has 1 aromatic carbocycles. The Balaban J connectivity index is 3.09. The van der Waals surface area contributed by atoms with Gasteiger partial charge < -0.3 is 9.84 Å². The van der Waals surface area contributed by atoms with Crippen LogP contribution in [0.1, 0.15) is 43.1 Å². The number of hydrogen-bond acceptors (Lipinski definition) is 3. The summed E-state index contributed by atoms with van der Waals surface area (Å²) in [5.41, 5.74) is 0.564. The van der Waals surface area contributed by atoms with Crippen LogP contribution in [-0.2, 0) is 11.2 Å². The van der Waals surface area contributed by atoms with E-state index in [0.29, 0.717) is 5.56 Å². The van der Waals surface area contributed by atoms with Crippen molar-refractivity contribution in [3.05, 3.63) is 29.3 Å². The highest BCUT2D eigenvalue weighted by molar-refractivity contribution is 6.01. The maximum Gasteiger partial charge on any atom is 0.304 e. The minimum absolute atomic E-state index is 0.160. The molecule has 0 aliphatic heterocycles. The number of carbonyl (C=O) groups is 2. The minimum Gasteiger partial charge on any atom is -0.496 e. The molecule has 1 aromatic rings. The number of carbonyl (C=O) groups excluding carboxylic acids is 1. The van der Waals surface area contributed by atoms with Gasteiger partial charge in [-0.1, -0.05) is 20.8 Å². The summed E-state index contributed by atoms with van der Waals surface area (Å²) in [5.74, 6) is -0.384. The summed E-state index contributed by atoms with van der Waals surface area (Å²) in [7, 11) is 1.59. The number of ketones is 1. The molecule has 0 aliphatic rings. The van der Waals surface area contributed by atoms with Crippen LogP contribution in [0.2, 0.25) is 0 Å². The summed E-state index contributed by atoms with van der Waals surface area (Å²) in [4.78, 5) is 23.2. The maximum atomic E-state index is 12.4. The molecule has 0 saturated carbocycles. The number of Topliss-reactive ketones (excluding diaryl/α,β-unsaturated/α-hetero) is 1. The average Bonchev–Trinajstić information content (AvgIpc) is 2.35. The third-order valence-corrected chi connectivity index (χ3v) is 3.13. The van der Waals surface area contributed by atoms with Crippen molar-refractivity contribution < 1.29 is 19.4 Å². The van der Waals surface area contributed by atoms with Crippen molar-refractivity contribution in [2.24, 2.45) is 5.41 Å².